The zero-order chi connectivity index (χ0) is 18.3. The molecule has 3 heteroatoms. The minimum Gasteiger partial charge on any atom is -0.268 e. The molecule has 0 saturated carbocycles. The number of fused-ring (bicyclic) bond motifs is 1. The van der Waals surface area contributed by atoms with Gasteiger partial charge in [-0.2, -0.15) is 0 Å². The van der Waals surface area contributed by atoms with Crippen molar-refractivity contribution in [1.29, 1.82) is 0 Å². The number of anilines is 1. The maximum atomic E-state index is 13.1. The summed E-state index contributed by atoms with van der Waals surface area (Å²) in [5.74, 6) is 0.0383. The highest BCUT2D eigenvalue weighted by atomic mass is 16.2. The van der Waals surface area contributed by atoms with E-state index in [9.17, 15) is 9.59 Å². The van der Waals surface area contributed by atoms with E-state index in [0.29, 0.717) is 11.1 Å². The van der Waals surface area contributed by atoms with Crippen molar-refractivity contribution in [3.8, 4) is 0 Å². The van der Waals surface area contributed by atoms with E-state index >= 15 is 0 Å². The van der Waals surface area contributed by atoms with Gasteiger partial charge in [-0.1, -0.05) is 58.9 Å². The number of hydrogen-bond donors (Lipinski definition) is 0. The van der Waals surface area contributed by atoms with Crippen molar-refractivity contribution >= 4 is 17.5 Å². The molecule has 1 aliphatic heterocycles. The molecule has 2 aromatic rings. The van der Waals surface area contributed by atoms with E-state index < -0.39 is 0 Å². The number of hydrogen-bond acceptors (Lipinski definition) is 2. The maximum Gasteiger partial charge on any atom is 0.266 e. The lowest BCUT2D eigenvalue weighted by atomic mass is 9.92. The Kier molecular flexibility index (Phi) is 4.51. The number of rotatable bonds is 4. The van der Waals surface area contributed by atoms with Gasteiger partial charge in [-0.25, -0.2) is 4.90 Å². The third-order valence-corrected chi connectivity index (χ3v) is 4.93. The molecule has 0 radical (unpaired) electrons. The third kappa shape index (κ3) is 2.78. The molecule has 1 aliphatic rings. The van der Waals surface area contributed by atoms with Gasteiger partial charge < -0.3 is 0 Å². The van der Waals surface area contributed by atoms with E-state index in [1.165, 1.54) is 4.90 Å². The summed E-state index contributed by atoms with van der Waals surface area (Å²) in [5, 5.41) is 0. The van der Waals surface area contributed by atoms with E-state index in [1.54, 1.807) is 6.07 Å². The lowest BCUT2D eigenvalue weighted by Gasteiger charge is -2.25. The minimum atomic E-state index is -0.211. The van der Waals surface area contributed by atoms with Gasteiger partial charge in [-0.05, 0) is 47.1 Å². The summed E-state index contributed by atoms with van der Waals surface area (Å²) in [7, 11) is 0. The normalized spacial score (nSPS) is 14.0. The standard InChI is InChI=1S/C22H25NO2/c1-6-15-10-11-18-19(12-15)22(25)23(21(18)24)20-16(13(2)3)8-7-9-17(20)14(4)5/h7-14H,6H2,1-5H3. The summed E-state index contributed by atoms with van der Waals surface area (Å²) >= 11 is 0. The van der Waals surface area contributed by atoms with Crippen molar-refractivity contribution in [3.63, 3.8) is 0 Å². The summed E-state index contributed by atoms with van der Waals surface area (Å²) < 4.78 is 0. The van der Waals surface area contributed by atoms with E-state index in [4.69, 9.17) is 0 Å². The van der Waals surface area contributed by atoms with E-state index in [-0.39, 0.29) is 23.7 Å². The highest BCUT2D eigenvalue weighted by molar-refractivity contribution is 6.35. The Balaban J connectivity index is 2.21. The molecule has 2 aromatic carbocycles. The summed E-state index contributed by atoms with van der Waals surface area (Å²) in [5.41, 5.74) is 4.96. The highest BCUT2D eigenvalue weighted by Gasteiger charge is 2.39. The Labute approximate surface area is 149 Å². The smallest absolute Gasteiger partial charge is 0.266 e. The number of imide groups is 1. The molecule has 0 spiro atoms. The molecule has 0 bridgehead atoms. The Morgan fingerprint density at radius 1 is 0.840 bits per heavy atom. The van der Waals surface area contributed by atoms with Gasteiger partial charge in [0.15, 0.2) is 0 Å². The number of para-hydroxylation sites is 1. The molecule has 3 rings (SSSR count). The largest absolute Gasteiger partial charge is 0.268 e. The van der Waals surface area contributed by atoms with Crippen molar-refractivity contribution in [2.75, 3.05) is 4.90 Å². The molecular formula is C22H25NO2. The van der Waals surface area contributed by atoms with Crippen LogP contribution in [-0.4, -0.2) is 11.8 Å². The van der Waals surface area contributed by atoms with E-state index in [0.717, 1.165) is 28.8 Å². The molecular weight excluding hydrogens is 310 g/mol. The lowest BCUT2D eigenvalue weighted by molar-refractivity contribution is 0.0925. The van der Waals surface area contributed by atoms with Crippen LogP contribution in [-0.2, 0) is 6.42 Å². The van der Waals surface area contributed by atoms with Crippen LogP contribution in [0, 0.1) is 0 Å². The molecule has 0 atom stereocenters. The Hall–Kier alpha value is -2.42. The van der Waals surface area contributed by atoms with Gasteiger partial charge >= 0.3 is 0 Å². The molecule has 0 unspecified atom stereocenters. The van der Waals surface area contributed by atoms with Crippen LogP contribution in [0.4, 0.5) is 5.69 Å². The zero-order valence-corrected chi connectivity index (χ0v) is 15.6. The molecule has 2 amide bonds. The second kappa shape index (κ2) is 6.47. The average molecular weight is 335 g/mol. The Morgan fingerprint density at radius 3 is 1.92 bits per heavy atom. The molecule has 0 saturated heterocycles. The van der Waals surface area contributed by atoms with Gasteiger partial charge in [-0.3, -0.25) is 9.59 Å². The minimum absolute atomic E-state index is 0.203. The lowest BCUT2D eigenvalue weighted by Crippen LogP contribution is -2.31. The molecule has 3 nitrogen and oxygen atoms in total. The van der Waals surface area contributed by atoms with Gasteiger partial charge in [0.25, 0.3) is 11.8 Å². The fourth-order valence-corrected chi connectivity index (χ4v) is 3.48. The van der Waals surface area contributed by atoms with Crippen LogP contribution in [0.2, 0.25) is 0 Å². The highest BCUT2D eigenvalue weighted by Crippen LogP contribution is 2.39. The van der Waals surface area contributed by atoms with Crippen LogP contribution in [0.5, 0.6) is 0 Å². The monoisotopic (exact) mass is 335 g/mol. The molecule has 0 aromatic heterocycles. The van der Waals surface area contributed by atoms with Crippen LogP contribution >= 0.6 is 0 Å². The fraction of sp³-hybridized carbons (Fsp3) is 0.364. The van der Waals surface area contributed by atoms with Gasteiger partial charge in [0.1, 0.15) is 0 Å². The number of nitrogens with zero attached hydrogens (tertiary/aromatic N) is 1. The number of amides is 2. The molecule has 25 heavy (non-hydrogen) atoms. The predicted molar refractivity (Wildman–Crippen MR) is 102 cm³/mol. The maximum absolute atomic E-state index is 13.1. The molecule has 1 heterocycles. The average Bonchev–Trinajstić information content (AvgIpc) is 2.84. The zero-order valence-electron chi connectivity index (χ0n) is 15.6. The first kappa shape index (κ1) is 17.4. The van der Waals surface area contributed by atoms with Gasteiger partial charge in [-0.15, -0.1) is 0 Å². The van der Waals surface area contributed by atoms with Crippen molar-refractivity contribution in [2.24, 2.45) is 0 Å². The number of carbonyl (C=O) groups excluding carboxylic acids is 2. The second-order valence-electron chi connectivity index (χ2n) is 7.27. The summed E-state index contributed by atoms with van der Waals surface area (Å²) in [6, 6.07) is 11.6. The van der Waals surface area contributed by atoms with Gasteiger partial charge in [0.2, 0.25) is 0 Å². The topological polar surface area (TPSA) is 37.4 Å². The molecule has 0 aliphatic carbocycles. The van der Waals surface area contributed by atoms with Crippen LogP contribution in [0.15, 0.2) is 36.4 Å². The SMILES string of the molecule is CCc1ccc2c(c1)C(=O)N(c1c(C(C)C)cccc1C(C)C)C2=O. The molecule has 0 fully saturated rings. The quantitative estimate of drug-likeness (QED) is 0.711. The Bertz CT molecular complexity index is 823. The first-order valence-corrected chi connectivity index (χ1v) is 9.01. The first-order valence-electron chi connectivity index (χ1n) is 9.01. The van der Waals surface area contributed by atoms with Crippen molar-refractivity contribution in [3.05, 3.63) is 64.2 Å². The summed E-state index contributed by atoms with van der Waals surface area (Å²) in [4.78, 5) is 27.6. The molecule has 0 N–H and O–H groups in total. The Morgan fingerprint density at radius 2 is 1.40 bits per heavy atom. The van der Waals surface area contributed by atoms with E-state index in [1.807, 2.05) is 37.3 Å². The third-order valence-electron chi connectivity index (χ3n) is 4.93. The van der Waals surface area contributed by atoms with Crippen molar-refractivity contribution in [1.82, 2.24) is 0 Å². The van der Waals surface area contributed by atoms with Crippen LogP contribution in [0.1, 0.15) is 83.9 Å². The van der Waals surface area contributed by atoms with Gasteiger partial charge in [0.05, 0.1) is 16.8 Å². The summed E-state index contributed by atoms with van der Waals surface area (Å²) in [6.45, 7) is 10.4. The van der Waals surface area contributed by atoms with Crippen LogP contribution in [0.25, 0.3) is 0 Å². The number of aryl methyl sites for hydroxylation is 1. The van der Waals surface area contributed by atoms with Crippen LogP contribution < -0.4 is 4.90 Å². The van der Waals surface area contributed by atoms with Crippen molar-refractivity contribution in [2.45, 2.75) is 52.9 Å². The van der Waals surface area contributed by atoms with Gasteiger partial charge in [0, 0.05) is 0 Å². The summed E-state index contributed by atoms with van der Waals surface area (Å²) in [6.07, 6.45) is 0.842. The number of carbonyl (C=O) groups is 2. The first-order chi connectivity index (χ1) is 11.9. The number of benzene rings is 2. The predicted octanol–water partition coefficient (Wildman–Crippen LogP) is 5.30. The second-order valence-corrected chi connectivity index (χ2v) is 7.27. The van der Waals surface area contributed by atoms with E-state index in [2.05, 4.69) is 27.7 Å². The fourth-order valence-electron chi connectivity index (χ4n) is 3.48. The molecule has 130 valence electrons. The van der Waals surface area contributed by atoms with Crippen molar-refractivity contribution < 1.29 is 9.59 Å². The van der Waals surface area contributed by atoms with Crippen LogP contribution in [0.3, 0.4) is 0 Å².